The lowest BCUT2D eigenvalue weighted by atomic mass is 9.97. The maximum Gasteiger partial charge on any atom is 0.168 e. The van der Waals surface area contributed by atoms with E-state index in [4.69, 9.17) is 5.11 Å². The molecule has 1 heterocycles. The molecule has 0 spiro atoms. The van der Waals surface area contributed by atoms with Crippen LogP contribution in [0, 0.1) is 0 Å². The van der Waals surface area contributed by atoms with E-state index in [2.05, 4.69) is 15.6 Å². The van der Waals surface area contributed by atoms with E-state index in [1.807, 2.05) is 12.4 Å². The SMILES string of the molecule is OCCSc1nccn1CCC1=CCCCC1. The molecule has 1 aliphatic rings. The van der Waals surface area contributed by atoms with E-state index in [0.29, 0.717) is 0 Å². The van der Waals surface area contributed by atoms with Crippen LogP contribution in [-0.4, -0.2) is 27.0 Å². The molecular formula is C13H20N2OS. The molecule has 1 aromatic heterocycles. The number of aliphatic hydroxyl groups is 1. The zero-order chi connectivity index (χ0) is 11.9. The summed E-state index contributed by atoms with van der Waals surface area (Å²) < 4.78 is 2.19. The van der Waals surface area contributed by atoms with Crippen molar-refractivity contribution in [1.82, 2.24) is 9.55 Å². The molecule has 0 aromatic carbocycles. The van der Waals surface area contributed by atoms with Crippen LogP contribution in [0.1, 0.15) is 32.1 Å². The first-order valence-electron chi connectivity index (χ1n) is 6.33. The van der Waals surface area contributed by atoms with Crippen LogP contribution in [0.4, 0.5) is 0 Å². The van der Waals surface area contributed by atoms with Gasteiger partial charge in [-0.1, -0.05) is 23.4 Å². The van der Waals surface area contributed by atoms with Gasteiger partial charge in [-0.3, -0.25) is 0 Å². The molecule has 0 fully saturated rings. The number of allylic oxidation sites excluding steroid dienone is 2. The van der Waals surface area contributed by atoms with E-state index in [1.54, 1.807) is 17.3 Å². The molecule has 0 atom stereocenters. The summed E-state index contributed by atoms with van der Waals surface area (Å²) in [5, 5.41) is 9.85. The predicted molar refractivity (Wildman–Crippen MR) is 71.2 cm³/mol. The Balaban J connectivity index is 1.85. The Hall–Kier alpha value is -0.740. The van der Waals surface area contributed by atoms with Gasteiger partial charge in [0.2, 0.25) is 0 Å². The lowest BCUT2D eigenvalue weighted by Gasteiger charge is -2.13. The smallest absolute Gasteiger partial charge is 0.168 e. The van der Waals surface area contributed by atoms with Gasteiger partial charge in [0.15, 0.2) is 5.16 Å². The number of imidazole rings is 1. The largest absolute Gasteiger partial charge is 0.396 e. The quantitative estimate of drug-likeness (QED) is 0.625. The van der Waals surface area contributed by atoms with Gasteiger partial charge < -0.3 is 9.67 Å². The van der Waals surface area contributed by atoms with Crippen molar-refractivity contribution in [2.45, 2.75) is 43.8 Å². The number of thioether (sulfide) groups is 1. The number of hydrogen-bond donors (Lipinski definition) is 1. The first kappa shape index (κ1) is 12.7. The van der Waals surface area contributed by atoms with E-state index in [-0.39, 0.29) is 6.61 Å². The third-order valence-corrected chi connectivity index (χ3v) is 4.04. The summed E-state index contributed by atoms with van der Waals surface area (Å²) in [5.41, 5.74) is 1.60. The number of nitrogens with zero attached hydrogens (tertiary/aromatic N) is 2. The Labute approximate surface area is 107 Å². The maximum atomic E-state index is 8.82. The molecule has 94 valence electrons. The molecule has 0 saturated heterocycles. The van der Waals surface area contributed by atoms with Gasteiger partial charge in [0, 0.05) is 24.7 Å². The first-order chi connectivity index (χ1) is 8.40. The molecule has 1 aromatic rings. The van der Waals surface area contributed by atoms with E-state index in [0.717, 1.165) is 23.9 Å². The summed E-state index contributed by atoms with van der Waals surface area (Å²) >= 11 is 1.62. The molecule has 1 N–H and O–H groups in total. The molecule has 1 aliphatic carbocycles. The monoisotopic (exact) mass is 252 g/mol. The summed E-state index contributed by atoms with van der Waals surface area (Å²) in [6, 6.07) is 0. The van der Waals surface area contributed by atoms with Crippen molar-refractivity contribution in [1.29, 1.82) is 0 Å². The van der Waals surface area contributed by atoms with Gasteiger partial charge in [-0.2, -0.15) is 0 Å². The topological polar surface area (TPSA) is 38.1 Å². The fourth-order valence-corrected chi connectivity index (χ4v) is 2.87. The van der Waals surface area contributed by atoms with Gasteiger partial charge in [-0.05, 0) is 32.1 Å². The Morgan fingerprint density at radius 2 is 2.35 bits per heavy atom. The van der Waals surface area contributed by atoms with Crippen LogP contribution in [-0.2, 0) is 6.54 Å². The van der Waals surface area contributed by atoms with Crippen LogP contribution in [0.5, 0.6) is 0 Å². The van der Waals surface area contributed by atoms with E-state index in [1.165, 1.54) is 25.7 Å². The van der Waals surface area contributed by atoms with Crippen LogP contribution in [0.15, 0.2) is 29.2 Å². The van der Waals surface area contributed by atoms with Gasteiger partial charge in [-0.25, -0.2) is 4.98 Å². The minimum Gasteiger partial charge on any atom is -0.396 e. The zero-order valence-corrected chi connectivity index (χ0v) is 11.0. The normalized spacial score (nSPS) is 15.9. The number of aromatic nitrogens is 2. The molecule has 4 heteroatoms. The Bertz CT molecular complexity index is 373. The molecule has 0 unspecified atom stereocenters. The highest BCUT2D eigenvalue weighted by atomic mass is 32.2. The minimum atomic E-state index is 0.211. The van der Waals surface area contributed by atoms with Gasteiger partial charge >= 0.3 is 0 Å². The average molecular weight is 252 g/mol. The average Bonchev–Trinajstić information content (AvgIpc) is 2.82. The van der Waals surface area contributed by atoms with Gasteiger partial charge in [0.1, 0.15) is 0 Å². The van der Waals surface area contributed by atoms with Crippen molar-refractivity contribution in [2.75, 3.05) is 12.4 Å². The second-order valence-electron chi connectivity index (χ2n) is 4.33. The third-order valence-electron chi connectivity index (χ3n) is 3.06. The predicted octanol–water partition coefficient (Wildman–Crippen LogP) is 2.86. The maximum absolute atomic E-state index is 8.82. The van der Waals surface area contributed by atoms with Gasteiger partial charge in [0.25, 0.3) is 0 Å². The Kier molecular flexibility index (Phi) is 5.13. The molecule has 0 amide bonds. The van der Waals surface area contributed by atoms with Crippen LogP contribution in [0.3, 0.4) is 0 Å². The van der Waals surface area contributed by atoms with Crippen molar-refractivity contribution in [3.63, 3.8) is 0 Å². The molecule has 0 saturated carbocycles. The second kappa shape index (κ2) is 6.87. The second-order valence-corrected chi connectivity index (χ2v) is 5.40. The summed E-state index contributed by atoms with van der Waals surface area (Å²) in [4.78, 5) is 4.31. The molecule has 0 aliphatic heterocycles. The van der Waals surface area contributed by atoms with E-state index in [9.17, 15) is 0 Å². The highest BCUT2D eigenvalue weighted by molar-refractivity contribution is 7.99. The van der Waals surface area contributed by atoms with Crippen LogP contribution in [0.2, 0.25) is 0 Å². The lowest BCUT2D eigenvalue weighted by Crippen LogP contribution is -2.02. The van der Waals surface area contributed by atoms with Crippen LogP contribution in [0.25, 0.3) is 0 Å². The van der Waals surface area contributed by atoms with Gasteiger partial charge in [0.05, 0.1) is 6.61 Å². The highest BCUT2D eigenvalue weighted by Crippen LogP contribution is 2.22. The Morgan fingerprint density at radius 1 is 1.41 bits per heavy atom. The van der Waals surface area contributed by atoms with Crippen molar-refractivity contribution in [3.05, 3.63) is 24.0 Å². The molecule has 2 rings (SSSR count). The number of hydrogen-bond acceptors (Lipinski definition) is 3. The van der Waals surface area contributed by atoms with Crippen molar-refractivity contribution < 1.29 is 5.11 Å². The van der Waals surface area contributed by atoms with E-state index >= 15 is 0 Å². The molecule has 3 nitrogen and oxygen atoms in total. The molecule has 17 heavy (non-hydrogen) atoms. The first-order valence-corrected chi connectivity index (χ1v) is 7.31. The molecular weight excluding hydrogens is 232 g/mol. The minimum absolute atomic E-state index is 0.211. The third kappa shape index (κ3) is 3.89. The van der Waals surface area contributed by atoms with E-state index < -0.39 is 0 Å². The van der Waals surface area contributed by atoms with Crippen molar-refractivity contribution in [2.24, 2.45) is 0 Å². The molecule has 0 bridgehead atoms. The standard InChI is InChI=1S/C13H20N2OS/c16-10-11-17-13-14-7-9-15(13)8-6-12-4-2-1-3-5-12/h4,7,9,16H,1-3,5-6,8,10-11H2. The summed E-state index contributed by atoms with van der Waals surface area (Å²) in [7, 11) is 0. The summed E-state index contributed by atoms with van der Waals surface area (Å²) in [6.45, 7) is 1.22. The lowest BCUT2D eigenvalue weighted by molar-refractivity contribution is 0.322. The summed E-state index contributed by atoms with van der Waals surface area (Å²) in [5.74, 6) is 0.722. The number of aliphatic hydroxyl groups excluding tert-OH is 1. The van der Waals surface area contributed by atoms with Crippen molar-refractivity contribution >= 4 is 11.8 Å². The van der Waals surface area contributed by atoms with Crippen molar-refractivity contribution in [3.8, 4) is 0 Å². The number of aryl methyl sites for hydroxylation is 1. The number of rotatable bonds is 6. The highest BCUT2D eigenvalue weighted by Gasteiger charge is 2.06. The summed E-state index contributed by atoms with van der Waals surface area (Å²) in [6.07, 6.45) is 12.6. The zero-order valence-electron chi connectivity index (χ0n) is 10.1. The van der Waals surface area contributed by atoms with Crippen LogP contribution < -0.4 is 0 Å². The Morgan fingerprint density at radius 3 is 3.12 bits per heavy atom. The fraction of sp³-hybridized carbons (Fsp3) is 0.615. The molecule has 0 radical (unpaired) electrons. The van der Waals surface area contributed by atoms with Gasteiger partial charge in [-0.15, -0.1) is 0 Å². The van der Waals surface area contributed by atoms with Crippen LogP contribution >= 0.6 is 11.8 Å². The fourth-order valence-electron chi connectivity index (χ4n) is 2.14.